The molecule has 1 unspecified atom stereocenters. The Bertz CT molecular complexity index is 775. The van der Waals surface area contributed by atoms with E-state index in [-0.39, 0.29) is 11.0 Å². The fourth-order valence-corrected chi connectivity index (χ4v) is 2.62. The maximum absolute atomic E-state index is 9.16. The van der Waals surface area contributed by atoms with E-state index in [1.54, 1.807) is 13.0 Å². The van der Waals surface area contributed by atoms with Gasteiger partial charge in [-0.3, -0.25) is 0 Å². The molecule has 4 nitrogen and oxygen atoms in total. The molecule has 0 saturated heterocycles. The zero-order chi connectivity index (χ0) is 17.0. The van der Waals surface area contributed by atoms with Crippen molar-refractivity contribution in [2.45, 2.75) is 27.2 Å². The summed E-state index contributed by atoms with van der Waals surface area (Å²) in [4.78, 5) is 0. The van der Waals surface area contributed by atoms with Crippen LogP contribution in [-0.2, 0) is 4.74 Å². The second kappa shape index (κ2) is 6.42. The lowest BCUT2D eigenvalue weighted by molar-refractivity contribution is 0.344. The molecule has 0 aromatic heterocycles. The van der Waals surface area contributed by atoms with E-state index in [0.717, 1.165) is 6.42 Å². The first-order chi connectivity index (χ1) is 10.9. The highest BCUT2D eigenvalue weighted by atomic mass is 16.5. The lowest BCUT2D eigenvalue weighted by atomic mass is 9.80. The molecule has 1 atom stereocenters. The normalized spacial score (nSPS) is 23.8. The highest BCUT2D eigenvalue weighted by molar-refractivity contribution is 5.61. The van der Waals surface area contributed by atoms with Crippen LogP contribution in [0.5, 0.6) is 0 Å². The minimum absolute atomic E-state index is 0.0235. The van der Waals surface area contributed by atoms with E-state index in [2.05, 4.69) is 32.1 Å². The smallest absolute Gasteiger partial charge is 0.137 e. The molecule has 23 heavy (non-hydrogen) atoms. The predicted molar refractivity (Wildman–Crippen MR) is 89.1 cm³/mol. The molecule has 0 radical (unpaired) electrons. The van der Waals surface area contributed by atoms with Crippen molar-refractivity contribution in [3.63, 3.8) is 0 Å². The van der Waals surface area contributed by atoms with E-state index in [0.29, 0.717) is 22.6 Å². The van der Waals surface area contributed by atoms with E-state index in [4.69, 9.17) is 21.0 Å². The molecule has 2 aliphatic rings. The Morgan fingerprint density at radius 1 is 1.30 bits per heavy atom. The van der Waals surface area contributed by atoms with Crippen molar-refractivity contribution >= 4 is 0 Å². The molecule has 2 N–H and O–H groups in total. The van der Waals surface area contributed by atoms with E-state index >= 15 is 0 Å². The van der Waals surface area contributed by atoms with Crippen molar-refractivity contribution in [3.8, 4) is 12.1 Å². The molecule has 0 aromatic rings. The molecule has 1 aliphatic carbocycles. The number of nitrogens with zero attached hydrogens (tertiary/aromatic N) is 2. The second-order valence-corrected chi connectivity index (χ2v) is 5.96. The van der Waals surface area contributed by atoms with Gasteiger partial charge in [-0.2, -0.15) is 10.5 Å². The van der Waals surface area contributed by atoms with Gasteiger partial charge < -0.3 is 10.5 Å². The summed E-state index contributed by atoms with van der Waals surface area (Å²) in [6, 6.07) is 3.83. The van der Waals surface area contributed by atoms with Gasteiger partial charge >= 0.3 is 0 Å². The first kappa shape index (κ1) is 16.4. The molecule has 1 heterocycles. The van der Waals surface area contributed by atoms with Crippen LogP contribution in [0.2, 0.25) is 0 Å². The summed E-state index contributed by atoms with van der Waals surface area (Å²) in [5, 5.41) is 18.3. The molecular weight excluding hydrogens is 286 g/mol. The molecule has 0 spiro atoms. The number of rotatable bonds is 2. The lowest BCUT2D eigenvalue weighted by Crippen LogP contribution is -2.17. The maximum Gasteiger partial charge on any atom is 0.137 e. The van der Waals surface area contributed by atoms with Crippen LogP contribution in [0.1, 0.15) is 27.2 Å². The first-order valence-electron chi connectivity index (χ1n) is 7.34. The van der Waals surface area contributed by atoms with Gasteiger partial charge in [-0.05, 0) is 26.3 Å². The van der Waals surface area contributed by atoms with Crippen LogP contribution in [0.25, 0.3) is 0 Å². The van der Waals surface area contributed by atoms with Crippen LogP contribution in [0.15, 0.2) is 70.4 Å². The van der Waals surface area contributed by atoms with Crippen molar-refractivity contribution in [2.24, 2.45) is 11.1 Å². The molecule has 0 aromatic carbocycles. The van der Waals surface area contributed by atoms with Gasteiger partial charge in [0, 0.05) is 22.3 Å². The average Bonchev–Trinajstić information content (AvgIpc) is 2.51. The van der Waals surface area contributed by atoms with Gasteiger partial charge in [0.05, 0.1) is 6.26 Å². The summed E-state index contributed by atoms with van der Waals surface area (Å²) in [7, 11) is 0. The highest BCUT2D eigenvalue weighted by Gasteiger charge is 2.24. The van der Waals surface area contributed by atoms with Gasteiger partial charge in [-0.25, -0.2) is 0 Å². The van der Waals surface area contributed by atoms with Crippen molar-refractivity contribution in [1.29, 1.82) is 10.5 Å². The third-order valence-electron chi connectivity index (χ3n) is 3.96. The fourth-order valence-electron chi connectivity index (χ4n) is 2.62. The molecule has 0 saturated carbocycles. The second-order valence-electron chi connectivity index (χ2n) is 5.96. The Balaban J connectivity index is 2.49. The van der Waals surface area contributed by atoms with E-state index in [1.807, 2.05) is 18.2 Å². The van der Waals surface area contributed by atoms with Gasteiger partial charge in [0.25, 0.3) is 0 Å². The maximum atomic E-state index is 9.16. The first-order valence-corrected chi connectivity index (χ1v) is 7.34. The monoisotopic (exact) mass is 305 g/mol. The summed E-state index contributed by atoms with van der Waals surface area (Å²) in [5.74, 6) is 0.578. The summed E-state index contributed by atoms with van der Waals surface area (Å²) < 4.78 is 5.42. The molecule has 0 fully saturated rings. The summed E-state index contributed by atoms with van der Waals surface area (Å²) in [6.07, 6.45) is 12.2. The van der Waals surface area contributed by atoms with Crippen LogP contribution in [0, 0.1) is 28.1 Å². The Morgan fingerprint density at radius 2 is 2.00 bits per heavy atom. The average molecular weight is 305 g/mol. The molecule has 0 bridgehead atoms. The van der Waals surface area contributed by atoms with Crippen molar-refractivity contribution in [3.05, 3.63) is 70.4 Å². The Hall–Kier alpha value is -2.98. The van der Waals surface area contributed by atoms with Crippen molar-refractivity contribution in [1.82, 2.24) is 0 Å². The van der Waals surface area contributed by atoms with Gasteiger partial charge in [-0.15, -0.1) is 0 Å². The van der Waals surface area contributed by atoms with Gasteiger partial charge in [0.15, 0.2) is 0 Å². The molecule has 4 heteroatoms. The van der Waals surface area contributed by atoms with Gasteiger partial charge in [0.2, 0.25) is 0 Å². The number of nitriles is 2. The third kappa shape index (κ3) is 3.44. The highest BCUT2D eigenvalue weighted by Crippen LogP contribution is 2.35. The SMILES string of the molecule is CC1=CCC(C)(C=C(N)C2=C(C)OC=CC2=C(C#N)C#N)C=C1. The lowest BCUT2D eigenvalue weighted by Gasteiger charge is -2.26. The summed E-state index contributed by atoms with van der Waals surface area (Å²) >= 11 is 0. The predicted octanol–water partition coefficient (Wildman–Crippen LogP) is 3.90. The standard InChI is InChI=1S/C19H19N3O/c1-13-4-7-19(3,8-5-13)10-17(22)18-14(2)23-9-6-16(18)15(11-20)12-21/h4-7,9-10H,8,22H2,1-3H3. The van der Waals surface area contributed by atoms with Crippen LogP contribution >= 0.6 is 0 Å². The zero-order valence-electron chi connectivity index (χ0n) is 13.6. The Morgan fingerprint density at radius 3 is 2.57 bits per heavy atom. The summed E-state index contributed by atoms with van der Waals surface area (Å²) in [6.45, 7) is 5.92. The van der Waals surface area contributed by atoms with Crippen LogP contribution in [-0.4, -0.2) is 0 Å². The van der Waals surface area contributed by atoms with Gasteiger partial charge in [-0.1, -0.05) is 36.8 Å². The topological polar surface area (TPSA) is 82.8 Å². The third-order valence-corrected chi connectivity index (χ3v) is 3.96. The van der Waals surface area contributed by atoms with E-state index < -0.39 is 0 Å². The minimum atomic E-state index is -0.206. The molecule has 1 aliphatic heterocycles. The quantitative estimate of drug-likeness (QED) is 0.784. The number of allylic oxidation sites excluding steroid dienone is 9. The molecular formula is C19H19N3O. The van der Waals surface area contributed by atoms with E-state index in [1.165, 1.54) is 11.8 Å². The molecule has 0 amide bonds. The van der Waals surface area contributed by atoms with Gasteiger partial charge in [0.1, 0.15) is 23.5 Å². The number of hydrogen-bond acceptors (Lipinski definition) is 4. The molecule has 2 rings (SSSR count). The fraction of sp³-hybridized carbons (Fsp3) is 0.263. The van der Waals surface area contributed by atoms with E-state index in [9.17, 15) is 0 Å². The van der Waals surface area contributed by atoms with Crippen LogP contribution in [0.3, 0.4) is 0 Å². The molecule has 116 valence electrons. The summed E-state index contributed by atoms with van der Waals surface area (Å²) in [5.41, 5.74) is 8.96. The number of hydrogen-bond donors (Lipinski definition) is 1. The van der Waals surface area contributed by atoms with Crippen LogP contribution < -0.4 is 5.73 Å². The minimum Gasteiger partial charge on any atom is -0.469 e. The zero-order valence-corrected chi connectivity index (χ0v) is 13.6. The van der Waals surface area contributed by atoms with Crippen LogP contribution in [0.4, 0.5) is 0 Å². The Labute approximate surface area is 136 Å². The largest absolute Gasteiger partial charge is 0.469 e. The Kier molecular flexibility index (Phi) is 4.57. The number of nitrogens with two attached hydrogens (primary N) is 1. The van der Waals surface area contributed by atoms with Crippen molar-refractivity contribution < 1.29 is 4.74 Å². The van der Waals surface area contributed by atoms with Crippen molar-refractivity contribution in [2.75, 3.05) is 0 Å². The number of ether oxygens (including phenoxy) is 1.